The molecule has 0 aliphatic rings. The molecule has 0 bridgehead atoms. The highest BCUT2D eigenvalue weighted by molar-refractivity contribution is 5.94. The van der Waals surface area contributed by atoms with Gasteiger partial charge in [0.25, 0.3) is 5.91 Å². The molecule has 4 heteroatoms. The Morgan fingerprint density at radius 1 is 1.42 bits per heavy atom. The topological polar surface area (TPSA) is 29.1 Å². The van der Waals surface area contributed by atoms with E-state index in [0.717, 1.165) is 0 Å². The van der Waals surface area contributed by atoms with E-state index in [1.807, 2.05) is 0 Å². The van der Waals surface area contributed by atoms with Crippen LogP contribution in [0.4, 0.5) is 4.39 Å². The van der Waals surface area contributed by atoms with Crippen LogP contribution in [0.3, 0.4) is 0 Å². The molecule has 0 aliphatic heterocycles. The number of rotatable bonds is 1. The van der Waals surface area contributed by atoms with Crippen molar-refractivity contribution in [2.24, 2.45) is 0 Å². The molecule has 0 fully saturated rings. The van der Waals surface area contributed by atoms with Gasteiger partial charge in [-0.05, 0) is 12.1 Å². The third-order valence-electron chi connectivity index (χ3n) is 1.35. The highest BCUT2D eigenvalue weighted by atomic mass is 35.5. The summed E-state index contributed by atoms with van der Waals surface area (Å²) in [6.07, 6.45) is 0. The summed E-state index contributed by atoms with van der Waals surface area (Å²) in [6, 6.07) is 5.86. The van der Waals surface area contributed by atoms with E-state index in [9.17, 15) is 9.18 Å². The maximum absolute atomic E-state index is 12.8. The number of hydrogen-bond acceptors (Lipinski definition) is 1. The fraction of sp³-hybridized carbons (Fsp3) is 0.125. The van der Waals surface area contributed by atoms with Crippen LogP contribution in [-0.2, 0) is 0 Å². The van der Waals surface area contributed by atoms with Gasteiger partial charge in [0.2, 0.25) is 0 Å². The zero-order chi connectivity index (χ0) is 8.27. The Hall–Kier alpha value is -1.09. The number of benzene rings is 1. The largest absolute Gasteiger partial charge is 0.355 e. The minimum Gasteiger partial charge on any atom is -0.355 e. The zero-order valence-electron chi connectivity index (χ0n) is 6.50. The van der Waals surface area contributed by atoms with E-state index in [-0.39, 0.29) is 18.0 Å². The minimum atomic E-state index is -0.494. The van der Waals surface area contributed by atoms with E-state index in [4.69, 9.17) is 0 Å². The molecule has 66 valence electrons. The summed E-state index contributed by atoms with van der Waals surface area (Å²) < 4.78 is 12.8. The Balaban J connectivity index is 0.00000121. The van der Waals surface area contributed by atoms with Gasteiger partial charge >= 0.3 is 0 Å². The standard InChI is InChI=1S/C8H8FNO.ClH/c1-10-8(11)6-4-2-3-5-7(6)9;/h2-5H,1H3,(H,10,11);1H. The van der Waals surface area contributed by atoms with Crippen molar-refractivity contribution in [2.45, 2.75) is 0 Å². The molecule has 0 saturated heterocycles. The molecule has 0 aliphatic carbocycles. The molecule has 2 nitrogen and oxygen atoms in total. The maximum atomic E-state index is 12.8. The molecular weight excluding hydrogens is 181 g/mol. The molecule has 0 unspecified atom stereocenters. The van der Waals surface area contributed by atoms with Gasteiger partial charge in [0.05, 0.1) is 5.56 Å². The predicted octanol–water partition coefficient (Wildman–Crippen LogP) is 1.61. The van der Waals surface area contributed by atoms with Crippen LogP contribution in [0.2, 0.25) is 0 Å². The predicted molar refractivity (Wildman–Crippen MR) is 47.0 cm³/mol. The monoisotopic (exact) mass is 189 g/mol. The number of halogens is 2. The molecule has 0 radical (unpaired) electrons. The van der Waals surface area contributed by atoms with Crippen LogP contribution in [0.15, 0.2) is 24.3 Å². The Labute approximate surface area is 76.2 Å². The zero-order valence-corrected chi connectivity index (χ0v) is 7.32. The van der Waals surface area contributed by atoms with Crippen molar-refractivity contribution in [1.82, 2.24) is 5.32 Å². The van der Waals surface area contributed by atoms with Gasteiger partial charge in [-0.1, -0.05) is 12.1 Å². The van der Waals surface area contributed by atoms with Gasteiger partial charge in [0.15, 0.2) is 0 Å². The van der Waals surface area contributed by atoms with Gasteiger partial charge in [-0.15, -0.1) is 12.4 Å². The number of carbonyl (C=O) groups excluding carboxylic acids is 1. The highest BCUT2D eigenvalue weighted by Crippen LogP contribution is 2.04. The molecule has 0 saturated carbocycles. The molecule has 1 aromatic rings. The van der Waals surface area contributed by atoms with Crippen molar-refractivity contribution in [2.75, 3.05) is 7.05 Å². The summed E-state index contributed by atoms with van der Waals surface area (Å²) in [5, 5.41) is 2.34. The summed E-state index contributed by atoms with van der Waals surface area (Å²) >= 11 is 0. The normalized spacial score (nSPS) is 8.50. The molecule has 12 heavy (non-hydrogen) atoms. The summed E-state index contributed by atoms with van der Waals surface area (Å²) in [4.78, 5) is 10.9. The third-order valence-corrected chi connectivity index (χ3v) is 1.35. The van der Waals surface area contributed by atoms with Crippen LogP contribution in [0, 0.1) is 5.82 Å². The van der Waals surface area contributed by atoms with Crippen molar-refractivity contribution in [3.8, 4) is 0 Å². The molecule has 0 aromatic heterocycles. The summed E-state index contributed by atoms with van der Waals surface area (Å²) in [6.45, 7) is 0. The number of hydrogen-bond donors (Lipinski definition) is 1. The molecule has 0 spiro atoms. The van der Waals surface area contributed by atoms with Crippen molar-refractivity contribution in [3.05, 3.63) is 35.6 Å². The Kier molecular flexibility index (Phi) is 4.29. The first-order chi connectivity index (χ1) is 5.25. The number of carbonyl (C=O) groups is 1. The molecular formula is C8H9ClFNO. The molecule has 0 heterocycles. The van der Waals surface area contributed by atoms with Gasteiger partial charge in [-0.3, -0.25) is 4.79 Å². The van der Waals surface area contributed by atoms with E-state index in [1.165, 1.54) is 19.2 Å². The first kappa shape index (κ1) is 10.9. The maximum Gasteiger partial charge on any atom is 0.253 e. The van der Waals surface area contributed by atoms with Gasteiger partial charge < -0.3 is 5.32 Å². The Bertz CT molecular complexity index is 278. The summed E-state index contributed by atoms with van der Waals surface area (Å²) in [7, 11) is 1.47. The summed E-state index contributed by atoms with van der Waals surface area (Å²) in [5.41, 5.74) is 0.0787. The van der Waals surface area contributed by atoms with Crippen molar-refractivity contribution in [1.29, 1.82) is 0 Å². The second-order valence-corrected chi connectivity index (χ2v) is 2.06. The molecule has 1 aromatic carbocycles. The first-order valence-electron chi connectivity index (χ1n) is 3.22. The first-order valence-corrected chi connectivity index (χ1v) is 3.22. The Morgan fingerprint density at radius 3 is 2.50 bits per heavy atom. The minimum absolute atomic E-state index is 0. The SMILES string of the molecule is CNC(=O)c1ccccc1F.Cl. The fourth-order valence-corrected chi connectivity index (χ4v) is 0.780. The van der Waals surface area contributed by atoms with Crippen LogP contribution < -0.4 is 5.32 Å². The average Bonchev–Trinajstić information content (AvgIpc) is 2.04. The van der Waals surface area contributed by atoms with Crippen LogP contribution in [0.1, 0.15) is 10.4 Å². The van der Waals surface area contributed by atoms with E-state index in [0.29, 0.717) is 0 Å². The van der Waals surface area contributed by atoms with Crippen LogP contribution in [0.5, 0.6) is 0 Å². The lowest BCUT2D eigenvalue weighted by Gasteiger charge is -1.98. The van der Waals surface area contributed by atoms with Crippen LogP contribution in [-0.4, -0.2) is 13.0 Å². The van der Waals surface area contributed by atoms with Crippen molar-refractivity contribution < 1.29 is 9.18 Å². The van der Waals surface area contributed by atoms with Crippen LogP contribution >= 0.6 is 12.4 Å². The van der Waals surface area contributed by atoms with Crippen molar-refractivity contribution >= 4 is 18.3 Å². The average molecular weight is 190 g/mol. The Morgan fingerprint density at radius 2 is 2.00 bits per heavy atom. The van der Waals surface area contributed by atoms with Gasteiger partial charge in [0, 0.05) is 7.05 Å². The number of nitrogens with one attached hydrogen (secondary N) is 1. The van der Waals surface area contributed by atoms with Gasteiger partial charge in [-0.2, -0.15) is 0 Å². The van der Waals surface area contributed by atoms with Gasteiger partial charge in [-0.25, -0.2) is 4.39 Å². The molecule has 1 rings (SSSR count). The lowest BCUT2D eigenvalue weighted by atomic mass is 10.2. The van der Waals surface area contributed by atoms with E-state index in [2.05, 4.69) is 5.32 Å². The van der Waals surface area contributed by atoms with Crippen LogP contribution in [0.25, 0.3) is 0 Å². The van der Waals surface area contributed by atoms with E-state index < -0.39 is 11.7 Å². The lowest BCUT2D eigenvalue weighted by Crippen LogP contribution is -2.18. The molecule has 0 atom stereocenters. The smallest absolute Gasteiger partial charge is 0.253 e. The summed E-state index contributed by atoms with van der Waals surface area (Å²) in [5.74, 6) is -0.894. The van der Waals surface area contributed by atoms with Gasteiger partial charge in [0.1, 0.15) is 5.82 Å². The second kappa shape index (κ2) is 4.72. The fourth-order valence-electron chi connectivity index (χ4n) is 0.780. The van der Waals surface area contributed by atoms with E-state index in [1.54, 1.807) is 12.1 Å². The quantitative estimate of drug-likeness (QED) is 0.715. The highest BCUT2D eigenvalue weighted by Gasteiger charge is 2.06. The lowest BCUT2D eigenvalue weighted by molar-refractivity contribution is 0.0959. The second-order valence-electron chi connectivity index (χ2n) is 2.06. The molecule has 1 N–H and O–H groups in total. The number of amides is 1. The molecule has 1 amide bonds. The van der Waals surface area contributed by atoms with E-state index >= 15 is 0 Å². The van der Waals surface area contributed by atoms with Crippen molar-refractivity contribution in [3.63, 3.8) is 0 Å². The third kappa shape index (κ3) is 2.20.